The van der Waals surface area contributed by atoms with E-state index in [0.717, 1.165) is 27.1 Å². The van der Waals surface area contributed by atoms with Gasteiger partial charge in [0.25, 0.3) is 0 Å². The highest BCUT2D eigenvalue weighted by Gasteiger charge is 2.31. The number of hydrogen-bond donors (Lipinski definition) is 3. The molecular weight excluding hydrogens is 350 g/mol. The Morgan fingerprint density at radius 2 is 1.92 bits per heavy atom. The van der Waals surface area contributed by atoms with Gasteiger partial charge in [0.05, 0.1) is 22.8 Å². The van der Waals surface area contributed by atoms with E-state index in [-0.39, 0.29) is 0 Å². The molecule has 134 valence electrons. The van der Waals surface area contributed by atoms with Crippen LogP contribution in [0.2, 0.25) is 0 Å². The van der Waals surface area contributed by atoms with Gasteiger partial charge >= 0.3 is 0 Å². The van der Waals surface area contributed by atoms with Crippen molar-refractivity contribution in [1.82, 2.24) is 15.0 Å². The third-order valence-corrected chi connectivity index (χ3v) is 5.28. The van der Waals surface area contributed by atoms with E-state index in [1.54, 1.807) is 12.4 Å². The highest BCUT2D eigenvalue weighted by molar-refractivity contribution is 7.18. The molecule has 0 saturated carbocycles. The minimum absolute atomic E-state index is 0.391. The summed E-state index contributed by atoms with van der Waals surface area (Å²) in [5.41, 5.74) is 1.94. The lowest BCUT2D eigenvalue weighted by atomic mass is 10.3. The number of aliphatic hydroxyl groups is 2. The summed E-state index contributed by atoms with van der Waals surface area (Å²) in [5, 5.41) is 23.4. The first-order valence-electron chi connectivity index (χ1n) is 8.32. The molecule has 3 aromatic heterocycles. The zero-order valence-electron chi connectivity index (χ0n) is 14.2. The van der Waals surface area contributed by atoms with E-state index >= 15 is 0 Å². The molecule has 0 radical (unpaired) electrons. The molecule has 0 spiro atoms. The molecule has 26 heavy (non-hydrogen) atoms. The third kappa shape index (κ3) is 3.52. The molecule has 3 N–H and O–H groups in total. The summed E-state index contributed by atoms with van der Waals surface area (Å²) >= 11 is 1.49. The molecule has 0 unspecified atom stereocenters. The van der Waals surface area contributed by atoms with E-state index in [1.165, 1.54) is 11.3 Å². The van der Waals surface area contributed by atoms with E-state index in [1.807, 2.05) is 42.2 Å². The van der Waals surface area contributed by atoms with Crippen LogP contribution < -0.4 is 10.2 Å². The van der Waals surface area contributed by atoms with Crippen LogP contribution in [0.25, 0.3) is 10.6 Å². The van der Waals surface area contributed by atoms with Crippen LogP contribution in [0.3, 0.4) is 0 Å². The van der Waals surface area contributed by atoms with Gasteiger partial charge in [-0.2, -0.15) is 0 Å². The van der Waals surface area contributed by atoms with Crippen LogP contribution in [0.1, 0.15) is 5.56 Å². The molecule has 7 nitrogen and oxygen atoms in total. The predicted octanol–water partition coefficient (Wildman–Crippen LogP) is 2.19. The van der Waals surface area contributed by atoms with Crippen LogP contribution in [0.4, 0.5) is 16.8 Å². The van der Waals surface area contributed by atoms with Gasteiger partial charge in [-0.1, -0.05) is 17.4 Å². The lowest BCUT2D eigenvalue weighted by molar-refractivity contribution is 0.0572. The number of β-amino-alcohol motifs (C(OH)–C–C–N with tert-alkyl or cyclic N) is 2. The zero-order valence-corrected chi connectivity index (χ0v) is 15.0. The van der Waals surface area contributed by atoms with E-state index in [9.17, 15) is 10.2 Å². The maximum atomic E-state index is 9.71. The van der Waals surface area contributed by atoms with Gasteiger partial charge in [0.1, 0.15) is 11.6 Å². The minimum atomic E-state index is -0.727. The van der Waals surface area contributed by atoms with Gasteiger partial charge in [0.2, 0.25) is 0 Å². The molecule has 8 heteroatoms. The lowest BCUT2D eigenvalue weighted by Gasteiger charge is -2.12. The first kappa shape index (κ1) is 16.9. The Labute approximate surface area is 155 Å². The first-order valence-corrected chi connectivity index (χ1v) is 9.14. The maximum absolute atomic E-state index is 9.71. The molecule has 0 bridgehead atoms. The number of rotatable bonds is 4. The van der Waals surface area contributed by atoms with Crippen LogP contribution in [0.15, 0.2) is 42.7 Å². The summed E-state index contributed by atoms with van der Waals surface area (Å²) < 4.78 is 0. The van der Waals surface area contributed by atoms with Crippen molar-refractivity contribution < 1.29 is 10.2 Å². The van der Waals surface area contributed by atoms with Gasteiger partial charge in [-0.25, -0.2) is 15.0 Å². The molecule has 1 fully saturated rings. The Morgan fingerprint density at radius 3 is 2.69 bits per heavy atom. The fraction of sp³-hybridized carbons (Fsp3) is 0.278. The topological polar surface area (TPSA) is 94.4 Å². The Hall–Kier alpha value is -2.55. The Balaban J connectivity index is 1.54. The van der Waals surface area contributed by atoms with E-state index in [4.69, 9.17) is 0 Å². The van der Waals surface area contributed by atoms with Crippen molar-refractivity contribution in [3.63, 3.8) is 0 Å². The van der Waals surface area contributed by atoms with Crippen molar-refractivity contribution in [1.29, 1.82) is 0 Å². The molecule has 2 atom stereocenters. The highest BCUT2D eigenvalue weighted by Crippen LogP contribution is 2.32. The average molecular weight is 369 g/mol. The summed E-state index contributed by atoms with van der Waals surface area (Å²) in [5.74, 6) is 1.46. The predicted molar refractivity (Wildman–Crippen MR) is 102 cm³/mol. The highest BCUT2D eigenvalue weighted by atomic mass is 32.1. The number of aliphatic hydroxyl groups excluding tert-OH is 2. The minimum Gasteiger partial charge on any atom is -0.389 e. The number of aryl methyl sites for hydroxylation is 1. The molecule has 0 aromatic carbocycles. The second kappa shape index (κ2) is 6.99. The van der Waals surface area contributed by atoms with Crippen molar-refractivity contribution in [3.05, 3.63) is 48.3 Å². The number of nitrogens with zero attached hydrogens (tertiary/aromatic N) is 4. The normalized spacial score (nSPS) is 19.7. The number of nitrogens with one attached hydrogen (secondary N) is 1. The fourth-order valence-electron chi connectivity index (χ4n) is 2.83. The number of thiazole rings is 1. The van der Waals surface area contributed by atoms with Gasteiger partial charge in [0, 0.05) is 25.5 Å². The summed E-state index contributed by atoms with van der Waals surface area (Å²) in [7, 11) is 0. The molecule has 3 aromatic rings. The summed E-state index contributed by atoms with van der Waals surface area (Å²) in [6.45, 7) is 2.80. The average Bonchev–Trinajstić information content (AvgIpc) is 3.23. The Morgan fingerprint density at radius 1 is 1.12 bits per heavy atom. The largest absolute Gasteiger partial charge is 0.389 e. The van der Waals surface area contributed by atoms with Crippen molar-refractivity contribution in [2.75, 3.05) is 23.3 Å². The van der Waals surface area contributed by atoms with Crippen LogP contribution >= 0.6 is 11.3 Å². The number of anilines is 3. The molecule has 0 amide bonds. The summed E-state index contributed by atoms with van der Waals surface area (Å²) in [4.78, 5) is 16.2. The van der Waals surface area contributed by atoms with Crippen molar-refractivity contribution in [3.8, 4) is 10.6 Å². The van der Waals surface area contributed by atoms with E-state index in [2.05, 4.69) is 20.3 Å². The van der Waals surface area contributed by atoms with Crippen molar-refractivity contribution in [2.24, 2.45) is 0 Å². The van der Waals surface area contributed by atoms with Crippen LogP contribution in [0.5, 0.6) is 0 Å². The second-order valence-electron chi connectivity index (χ2n) is 6.30. The molecule has 4 heterocycles. The molecule has 1 saturated heterocycles. The van der Waals surface area contributed by atoms with E-state index < -0.39 is 12.2 Å². The fourth-order valence-corrected chi connectivity index (χ4v) is 3.74. The van der Waals surface area contributed by atoms with Crippen molar-refractivity contribution >= 4 is 28.1 Å². The molecular formula is C18H19N5O2S. The monoisotopic (exact) mass is 369 g/mol. The second-order valence-corrected chi connectivity index (χ2v) is 7.31. The van der Waals surface area contributed by atoms with Gasteiger partial charge in [-0.05, 0) is 36.8 Å². The number of aromatic nitrogens is 3. The van der Waals surface area contributed by atoms with Crippen LogP contribution in [-0.4, -0.2) is 50.5 Å². The standard InChI is InChI=1S/C18H19N5O2S/c1-11-5-6-19-17(7-11)22-16-4-2-3-12(21-16)15-8-20-18(26-15)23-9-13(24)14(25)10-23/h2-8,13-14,24-25H,9-10H2,1H3,(H,19,21,22)/t13-,14+. The van der Waals surface area contributed by atoms with Gasteiger partial charge < -0.3 is 20.4 Å². The third-order valence-electron chi connectivity index (χ3n) is 4.20. The smallest absolute Gasteiger partial charge is 0.186 e. The van der Waals surface area contributed by atoms with Gasteiger partial charge in [0.15, 0.2) is 5.13 Å². The van der Waals surface area contributed by atoms with Gasteiger partial charge in [-0.15, -0.1) is 0 Å². The molecule has 1 aliphatic heterocycles. The molecule has 1 aliphatic rings. The molecule has 0 aliphatic carbocycles. The Bertz CT molecular complexity index is 906. The quantitative estimate of drug-likeness (QED) is 0.649. The first-order chi connectivity index (χ1) is 12.6. The van der Waals surface area contributed by atoms with Crippen molar-refractivity contribution in [2.45, 2.75) is 19.1 Å². The SMILES string of the molecule is Cc1ccnc(Nc2cccc(-c3cnc(N4C[C@@H](O)[C@@H](O)C4)s3)n2)c1. The maximum Gasteiger partial charge on any atom is 0.186 e. The molecule has 4 rings (SSSR count). The van der Waals surface area contributed by atoms with Gasteiger partial charge in [-0.3, -0.25) is 0 Å². The lowest BCUT2D eigenvalue weighted by Crippen LogP contribution is -2.22. The van der Waals surface area contributed by atoms with E-state index in [0.29, 0.717) is 18.9 Å². The number of hydrogen-bond acceptors (Lipinski definition) is 8. The Kier molecular flexibility index (Phi) is 4.54. The van der Waals surface area contributed by atoms with Crippen LogP contribution in [0, 0.1) is 6.92 Å². The van der Waals surface area contributed by atoms with Crippen LogP contribution in [-0.2, 0) is 0 Å². The summed E-state index contributed by atoms with van der Waals surface area (Å²) in [6.07, 6.45) is 2.08. The summed E-state index contributed by atoms with van der Waals surface area (Å²) in [6, 6.07) is 9.66. The number of pyridine rings is 2. The zero-order chi connectivity index (χ0) is 18.1.